The second kappa shape index (κ2) is 7.41. The van der Waals surface area contributed by atoms with Gasteiger partial charge in [-0.3, -0.25) is 0 Å². The van der Waals surface area contributed by atoms with Gasteiger partial charge in [0.15, 0.2) is 0 Å². The van der Waals surface area contributed by atoms with E-state index < -0.39 is 0 Å². The highest BCUT2D eigenvalue weighted by atomic mass is 14.9. The van der Waals surface area contributed by atoms with Crippen molar-refractivity contribution in [3.8, 4) is 0 Å². The predicted molar refractivity (Wildman–Crippen MR) is 77.2 cm³/mol. The van der Waals surface area contributed by atoms with Crippen molar-refractivity contribution >= 4 is 0 Å². The Balaban J connectivity index is 2.21. The summed E-state index contributed by atoms with van der Waals surface area (Å²) in [4.78, 5) is 0. The fraction of sp³-hybridized carbons (Fsp3) is 1.00. The molecule has 1 aliphatic rings. The van der Waals surface area contributed by atoms with Crippen LogP contribution in [0, 0.1) is 29.6 Å². The third-order valence-corrected chi connectivity index (χ3v) is 4.57. The van der Waals surface area contributed by atoms with Crippen LogP contribution in [0.2, 0.25) is 0 Å². The van der Waals surface area contributed by atoms with E-state index in [1.54, 1.807) is 0 Å². The minimum atomic E-state index is 0.799. The van der Waals surface area contributed by atoms with E-state index in [-0.39, 0.29) is 0 Å². The average molecular weight is 239 g/mol. The Morgan fingerprint density at radius 1 is 1.06 bits per heavy atom. The van der Waals surface area contributed by atoms with Crippen LogP contribution in [-0.4, -0.2) is 13.1 Å². The van der Waals surface area contributed by atoms with E-state index in [9.17, 15) is 0 Å². The molecule has 0 bridgehead atoms. The molecular weight excluding hydrogens is 206 g/mol. The Labute approximate surface area is 109 Å². The molecule has 17 heavy (non-hydrogen) atoms. The molecule has 1 rings (SSSR count). The Morgan fingerprint density at radius 3 is 2.24 bits per heavy atom. The number of hydrogen-bond donors (Lipinski definition) is 1. The number of hydrogen-bond acceptors (Lipinski definition) is 1. The highest BCUT2D eigenvalue weighted by molar-refractivity contribution is 4.74. The van der Waals surface area contributed by atoms with Gasteiger partial charge < -0.3 is 5.32 Å². The molecule has 0 radical (unpaired) electrons. The lowest BCUT2D eigenvalue weighted by Gasteiger charge is -2.29. The molecule has 0 amide bonds. The zero-order valence-electron chi connectivity index (χ0n) is 12.6. The summed E-state index contributed by atoms with van der Waals surface area (Å²) in [5.74, 6) is 4.33. The molecule has 1 nitrogen and oxygen atoms in total. The first-order chi connectivity index (χ1) is 8.00. The normalized spacial score (nSPS) is 26.1. The zero-order chi connectivity index (χ0) is 12.8. The Morgan fingerprint density at radius 2 is 1.71 bits per heavy atom. The van der Waals surface area contributed by atoms with Gasteiger partial charge in [-0.2, -0.15) is 0 Å². The molecule has 0 heterocycles. The highest BCUT2D eigenvalue weighted by Gasteiger charge is 2.20. The lowest BCUT2D eigenvalue weighted by molar-refractivity contribution is 0.242. The van der Waals surface area contributed by atoms with Crippen molar-refractivity contribution in [2.24, 2.45) is 29.6 Å². The summed E-state index contributed by atoms with van der Waals surface area (Å²) >= 11 is 0. The summed E-state index contributed by atoms with van der Waals surface area (Å²) in [5, 5.41) is 3.74. The molecule has 1 aliphatic carbocycles. The zero-order valence-corrected chi connectivity index (χ0v) is 12.6. The molecule has 0 saturated heterocycles. The van der Waals surface area contributed by atoms with E-state index in [0.29, 0.717) is 0 Å². The molecule has 102 valence electrons. The maximum Gasteiger partial charge on any atom is -0.00155 e. The average Bonchev–Trinajstić information content (AvgIpc) is 2.23. The molecule has 1 N–H and O–H groups in total. The predicted octanol–water partition coefficient (Wildman–Crippen LogP) is 4.33. The third-order valence-electron chi connectivity index (χ3n) is 4.57. The first-order valence-electron chi connectivity index (χ1n) is 7.71. The molecular formula is C16H33N. The minimum absolute atomic E-state index is 0.799. The van der Waals surface area contributed by atoms with Gasteiger partial charge in [0.25, 0.3) is 0 Å². The molecule has 2 atom stereocenters. The molecule has 1 heteroatoms. The second-order valence-electron chi connectivity index (χ2n) is 6.95. The number of rotatable bonds is 6. The SMILES string of the molecule is CC1CCCC(CNCC(C(C)C)C(C)C)C1. The van der Waals surface area contributed by atoms with Crippen LogP contribution < -0.4 is 5.32 Å². The summed E-state index contributed by atoms with van der Waals surface area (Å²) in [5.41, 5.74) is 0. The van der Waals surface area contributed by atoms with E-state index >= 15 is 0 Å². The first-order valence-corrected chi connectivity index (χ1v) is 7.71. The Kier molecular flexibility index (Phi) is 6.54. The number of nitrogens with one attached hydrogen (secondary N) is 1. The fourth-order valence-electron chi connectivity index (χ4n) is 3.44. The maximum atomic E-state index is 3.74. The molecule has 1 fully saturated rings. The van der Waals surface area contributed by atoms with Crippen molar-refractivity contribution in [1.82, 2.24) is 5.32 Å². The van der Waals surface area contributed by atoms with Gasteiger partial charge in [-0.15, -0.1) is 0 Å². The summed E-state index contributed by atoms with van der Waals surface area (Å²) < 4.78 is 0. The van der Waals surface area contributed by atoms with E-state index in [0.717, 1.165) is 29.6 Å². The van der Waals surface area contributed by atoms with Gasteiger partial charge >= 0.3 is 0 Å². The van der Waals surface area contributed by atoms with Crippen LogP contribution in [0.25, 0.3) is 0 Å². The maximum absolute atomic E-state index is 3.74. The van der Waals surface area contributed by atoms with Crippen molar-refractivity contribution in [2.75, 3.05) is 13.1 Å². The standard InChI is InChI=1S/C16H33N/c1-12(2)16(13(3)4)11-17-10-15-8-6-7-14(5)9-15/h12-17H,6-11H2,1-5H3. The lowest BCUT2D eigenvalue weighted by Crippen LogP contribution is -2.34. The molecule has 0 aliphatic heterocycles. The van der Waals surface area contributed by atoms with Crippen molar-refractivity contribution < 1.29 is 0 Å². The molecule has 1 saturated carbocycles. The van der Waals surface area contributed by atoms with Crippen LogP contribution in [0.15, 0.2) is 0 Å². The molecule has 0 spiro atoms. The summed E-state index contributed by atoms with van der Waals surface area (Å²) in [7, 11) is 0. The molecule has 2 unspecified atom stereocenters. The van der Waals surface area contributed by atoms with Gasteiger partial charge in [0.05, 0.1) is 0 Å². The molecule has 0 aromatic rings. The first kappa shape index (κ1) is 15.0. The van der Waals surface area contributed by atoms with E-state index in [1.807, 2.05) is 0 Å². The van der Waals surface area contributed by atoms with Gasteiger partial charge in [0, 0.05) is 0 Å². The summed E-state index contributed by atoms with van der Waals surface area (Å²) in [6.45, 7) is 14.3. The van der Waals surface area contributed by atoms with Gasteiger partial charge in [-0.25, -0.2) is 0 Å². The van der Waals surface area contributed by atoms with Crippen molar-refractivity contribution in [1.29, 1.82) is 0 Å². The van der Waals surface area contributed by atoms with Crippen LogP contribution in [0.4, 0.5) is 0 Å². The van der Waals surface area contributed by atoms with Crippen LogP contribution in [0.1, 0.15) is 60.3 Å². The summed E-state index contributed by atoms with van der Waals surface area (Å²) in [6, 6.07) is 0. The van der Waals surface area contributed by atoms with Crippen molar-refractivity contribution in [2.45, 2.75) is 60.3 Å². The van der Waals surface area contributed by atoms with Crippen LogP contribution in [0.3, 0.4) is 0 Å². The van der Waals surface area contributed by atoms with E-state index in [1.165, 1.54) is 38.8 Å². The minimum Gasteiger partial charge on any atom is -0.316 e. The smallest absolute Gasteiger partial charge is 0.00155 e. The quantitative estimate of drug-likeness (QED) is 0.727. The van der Waals surface area contributed by atoms with Gasteiger partial charge in [0.1, 0.15) is 0 Å². The Bertz CT molecular complexity index is 190. The largest absolute Gasteiger partial charge is 0.316 e. The third kappa shape index (κ3) is 5.42. The van der Waals surface area contributed by atoms with Crippen LogP contribution in [-0.2, 0) is 0 Å². The van der Waals surface area contributed by atoms with E-state index in [2.05, 4.69) is 39.9 Å². The van der Waals surface area contributed by atoms with Gasteiger partial charge in [0.2, 0.25) is 0 Å². The van der Waals surface area contributed by atoms with Crippen molar-refractivity contribution in [3.05, 3.63) is 0 Å². The van der Waals surface area contributed by atoms with E-state index in [4.69, 9.17) is 0 Å². The van der Waals surface area contributed by atoms with Crippen LogP contribution >= 0.6 is 0 Å². The fourth-order valence-corrected chi connectivity index (χ4v) is 3.44. The van der Waals surface area contributed by atoms with Gasteiger partial charge in [-0.05, 0) is 55.5 Å². The highest BCUT2D eigenvalue weighted by Crippen LogP contribution is 2.28. The Hall–Kier alpha value is -0.0400. The van der Waals surface area contributed by atoms with Gasteiger partial charge in [-0.1, -0.05) is 47.5 Å². The monoisotopic (exact) mass is 239 g/mol. The molecule has 0 aromatic heterocycles. The van der Waals surface area contributed by atoms with Crippen LogP contribution in [0.5, 0.6) is 0 Å². The second-order valence-corrected chi connectivity index (χ2v) is 6.95. The lowest BCUT2D eigenvalue weighted by atomic mass is 9.82. The summed E-state index contributed by atoms with van der Waals surface area (Å²) in [6.07, 6.45) is 5.80. The molecule has 0 aromatic carbocycles. The topological polar surface area (TPSA) is 12.0 Å². The van der Waals surface area contributed by atoms with Crippen molar-refractivity contribution in [3.63, 3.8) is 0 Å².